The number of nitrogens with two attached hydrogens (primary N) is 1. The molecule has 0 saturated heterocycles. The van der Waals surface area contributed by atoms with Crippen molar-refractivity contribution in [1.82, 2.24) is 4.37 Å². The third kappa shape index (κ3) is 2.06. The number of hydrogen-bond acceptors (Lipinski definition) is 5. The number of anilines is 1. The first-order valence-electron chi connectivity index (χ1n) is 3.75. The molecular weight excluding hydrogens is 206 g/mol. The molecular formula is C7H9N3O3S. The number of hydrogen-bond donors (Lipinski definition) is 3. The second kappa shape index (κ2) is 4.16. The lowest BCUT2D eigenvalue weighted by Gasteiger charge is -2.00. The normalized spacial score (nSPS) is 9.86. The lowest BCUT2D eigenvalue weighted by Crippen LogP contribution is -2.22. The van der Waals surface area contributed by atoms with E-state index < -0.39 is 11.9 Å². The van der Waals surface area contributed by atoms with Crippen LogP contribution >= 0.6 is 11.5 Å². The molecule has 0 unspecified atom stereocenters. The molecule has 6 nitrogen and oxygen atoms in total. The molecule has 0 atom stereocenters. The van der Waals surface area contributed by atoms with Gasteiger partial charge in [0.05, 0.1) is 12.2 Å². The van der Waals surface area contributed by atoms with Gasteiger partial charge in [0.15, 0.2) is 0 Å². The Kier molecular flexibility index (Phi) is 3.15. The lowest BCUT2D eigenvalue weighted by molar-refractivity contribution is -0.114. The van der Waals surface area contributed by atoms with E-state index in [1.165, 1.54) is 0 Å². The zero-order valence-corrected chi connectivity index (χ0v) is 8.22. The fourth-order valence-corrected chi connectivity index (χ4v) is 1.69. The van der Waals surface area contributed by atoms with Gasteiger partial charge in [0.2, 0.25) is 5.91 Å². The van der Waals surface area contributed by atoms with Crippen LogP contribution in [0.3, 0.4) is 0 Å². The van der Waals surface area contributed by atoms with E-state index in [0.717, 1.165) is 11.5 Å². The van der Waals surface area contributed by atoms with E-state index in [0.29, 0.717) is 5.69 Å². The molecule has 0 radical (unpaired) electrons. The Balaban J connectivity index is 2.98. The van der Waals surface area contributed by atoms with Crippen LogP contribution in [0, 0.1) is 6.92 Å². The number of carbonyl (C=O) groups is 2. The molecule has 14 heavy (non-hydrogen) atoms. The number of rotatable bonds is 3. The molecule has 1 amide bonds. The Bertz CT molecular complexity index is 374. The van der Waals surface area contributed by atoms with Crippen LogP contribution in [0.2, 0.25) is 0 Å². The standard InChI is InChI=1S/C7H9N3O3S/c1-3-5(7(12)13)6(14-10-3)9-4(11)2-8/h2,8H2,1H3,(H,9,11)(H,12,13). The molecule has 0 aromatic carbocycles. The van der Waals surface area contributed by atoms with Crippen LogP contribution in [0.15, 0.2) is 0 Å². The summed E-state index contributed by atoms with van der Waals surface area (Å²) in [6.45, 7) is 1.38. The van der Waals surface area contributed by atoms with Crippen molar-refractivity contribution in [3.8, 4) is 0 Å². The third-order valence-corrected chi connectivity index (χ3v) is 2.37. The average molecular weight is 215 g/mol. The van der Waals surface area contributed by atoms with Crippen LogP contribution in [0.1, 0.15) is 16.1 Å². The summed E-state index contributed by atoms with van der Waals surface area (Å²) < 4.78 is 3.83. The van der Waals surface area contributed by atoms with E-state index in [1.54, 1.807) is 6.92 Å². The number of nitrogens with one attached hydrogen (secondary N) is 1. The van der Waals surface area contributed by atoms with Crippen molar-refractivity contribution in [2.75, 3.05) is 11.9 Å². The second-order valence-electron chi connectivity index (χ2n) is 2.53. The summed E-state index contributed by atoms with van der Waals surface area (Å²) in [4.78, 5) is 21.7. The van der Waals surface area contributed by atoms with Crippen LogP contribution in [-0.2, 0) is 4.79 Å². The van der Waals surface area contributed by atoms with E-state index in [4.69, 9.17) is 10.8 Å². The van der Waals surface area contributed by atoms with Gasteiger partial charge >= 0.3 is 5.97 Å². The number of amides is 1. The van der Waals surface area contributed by atoms with Gasteiger partial charge < -0.3 is 16.2 Å². The van der Waals surface area contributed by atoms with Crippen molar-refractivity contribution in [1.29, 1.82) is 0 Å². The predicted molar refractivity (Wildman–Crippen MR) is 51.5 cm³/mol. The van der Waals surface area contributed by atoms with Crippen LogP contribution in [-0.4, -0.2) is 27.9 Å². The van der Waals surface area contributed by atoms with Crippen molar-refractivity contribution in [3.63, 3.8) is 0 Å². The SMILES string of the molecule is Cc1nsc(NC(=O)CN)c1C(=O)O. The first-order valence-corrected chi connectivity index (χ1v) is 4.53. The van der Waals surface area contributed by atoms with Crippen molar-refractivity contribution < 1.29 is 14.7 Å². The average Bonchev–Trinajstić information content (AvgIpc) is 2.46. The monoisotopic (exact) mass is 215 g/mol. The molecule has 76 valence electrons. The summed E-state index contributed by atoms with van der Waals surface area (Å²) in [5.41, 5.74) is 5.49. The van der Waals surface area contributed by atoms with Gasteiger partial charge in [-0.25, -0.2) is 4.79 Å². The van der Waals surface area contributed by atoms with Gasteiger partial charge in [0.1, 0.15) is 10.6 Å². The second-order valence-corrected chi connectivity index (χ2v) is 3.30. The number of aryl methyl sites for hydroxylation is 1. The zero-order valence-electron chi connectivity index (χ0n) is 7.40. The van der Waals surface area contributed by atoms with E-state index in [9.17, 15) is 9.59 Å². The summed E-state index contributed by atoms with van der Waals surface area (Å²) in [5, 5.41) is 11.4. The molecule has 1 rings (SSSR count). The minimum Gasteiger partial charge on any atom is -0.478 e. The number of aromatic carboxylic acids is 1. The summed E-state index contributed by atoms with van der Waals surface area (Å²) in [6, 6.07) is 0. The highest BCUT2D eigenvalue weighted by Crippen LogP contribution is 2.23. The maximum Gasteiger partial charge on any atom is 0.340 e. The molecule has 1 aromatic rings. The van der Waals surface area contributed by atoms with Crippen LogP contribution in [0.4, 0.5) is 5.00 Å². The molecule has 1 heterocycles. The summed E-state index contributed by atoms with van der Waals surface area (Å²) >= 11 is 0.930. The maximum atomic E-state index is 10.9. The van der Waals surface area contributed by atoms with Gasteiger partial charge in [0, 0.05) is 0 Å². The zero-order chi connectivity index (χ0) is 10.7. The van der Waals surface area contributed by atoms with Crippen molar-refractivity contribution in [2.45, 2.75) is 6.92 Å². The fourth-order valence-electron chi connectivity index (χ4n) is 0.885. The number of carboxylic acid groups (broad SMARTS) is 1. The van der Waals surface area contributed by atoms with E-state index in [1.807, 2.05) is 0 Å². The molecule has 0 aliphatic heterocycles. The van der Waals surface area contributed by atoms with Crippen LogP contribution < -0.4 is 11.1 Å². The Labute approximate surface area is 83.9 Å². The molecule has 4 N–H and O–H groups in total. The topological polar surface area (TPSA) is 105 Å². The maximum absolute atomic E-state index is 10.9. The summed E-state index contributed by atoms with van der Waals surface area (Å²) in [5.74, 6) is -1.54. The predicted octanol–water partition coefficient (Wildman–Crippen LogP) is 0.0469. The number of carbonyl (C=O) groups excluding carboxylic acids is 1. The van der Waals surface area contributed by atoms with Crippen molar-refractivity contribution in [3.05, 3.63) is 11.3 Å². The molecule has 0 spiro atoms. The quantitative estimate of drug-likeness (QED) is 0.660. The van der Waals surface area contributed by atoms with E-state index in [2.05, 4.69) is 9.69 Å². The highest BCUT2D eigenvalue weighted by atomic mass is 32.1. The van der Waals surface area contributed by atoms with Gasteiger partial charge in [-0.15, -0.1) is 0 Å². The first kappa shape index (κ1) is 10.6. The molecule has 7 heteroatoms. The van der Waals surface area contributed by atoms with Gasteiger partial charge in [0.25, 0.3) is 0 Å². The Morgan fingerprint density at radius 1 is 1.64 bits per heavy atom. The number of nitrogens with zero attached hydrogens (tertiary/aromatic N) is 1. The Hall–Kier alpha value is -1.47. The Morgan fingerprint density at radius 3 is 2.79 bits per heavy atom. The van der Waals surface area contributed by atoms with Gasteiger partial charge in [-0.1, -0.05) is 0 Å². The van der Waals surface area contributed by atoms with Gasteiger partial charge in [-0.3, -0.25) is 4.79 Å². The highest BCUT2D eigenvalue weighted by Gasteiger charge is 2.18. The minimum absolute atomic E-state index is 0.0248. The lowest BCUT2D eigenvalue weighted by atomic mass is 10.2. The van der Waals surface area contributed by atoms with E-state index in [-0.39, 0.29) is 17.1 Å². The largest absolute Gasteiger partial charge is 0.478 e. The summed E-state index contributed by atoms with van der Waals surface area (Å²) in [7, 11) is 0. The molecule has 0 aliphatic carbocycles. The third-order valence-electron chi connectivity index (χ3n) is 1.51. The van der Waals surface area contributed by atoms with Gasteiger partial charge in [-0.05, 0) is 18.5 Å². The number of carboxylic acids is 1. The van der Waals surface area contributed by atoms with E-state index >= 15 is 0 Å². The molecule has 0 fully saturated rings. The highest BCUT2D eigenvalue weighted by molar-refractivity contribution is 7.11. The van der Waals surface area contributed by atoms with Crippen molar-refractivity contribution in [2.24, 2.45) is 5.73 Å². The molecule has 0 bridgehead atoms. The minimum atomic E-state index is -1.11. The number of aromatic nitrogens is 1. The molecule has 0 aliphatic rings. The smallest absolute Gasteiger partial charge is 0.340 e. The first-order chi connectivity index (χ1) is 6.56. The van der Waals surface area contributed by atoms with Crippen LogP contribution in [0.25, 0.3) is 0 Å². The van der Waals surface area contributed by atoms with Gasteiger partial charge in [-0.2, -0.15) is 4.37 Å². The fraction of sp³-hybridized carbons (Fsp3) is 0.286. The summed E-state index contributed by atoms with van der Waals surface area (Å²) in [6.07, 6.45) is 0. The van der Waals surface area contributed by atoms with Crippen LogP contribution in [0.5, 0.6) is 0 Å². The Morgan fingerprint density at radius 2 is 2.29 bits per heavy atom. The molecule has 0 saturated carbocycles. The molecule has 1 aromatic heterocycles. The van der Waals surface area contributed by atoms with Crippen molar-refractivity contribution >= 4 is 28.4 Å².